The number of benzene rings is 1. The fourth-order valence-corrected chi connectivity index (χ4v) is 3.06. The second-order valence-corrected chi connectivity index (χ2v) is 5.46. The highest BCUT2D eigenvalue weighted by atomic mass is 32.2. The van der Waals surface area contributed by atoms with Crippen molar-refractivity contribution >= 4 is 16.3 Å². The van der Waals surface area contributed by atoms with Gasteiger partial charge in [-0.2, -0.15) is 0 Å². The lowest BCUT2D eigenvalue weighted by Crippen LogP contribution is -2.12. The molecule has 0 radical (unpaired) electrons. The van der Waals surface area contributed by atoms with Crippen LogP contribution in [0.2, 0.25) is 0 Å². The molecule has 1 aromatic carbocycles. The smallest absolute Gasteiger partial charge is 0.380 e. The summed E-state index contributed by atoms with van der Waals surface area (Å²) in [6, 6.07) is 10.1. The molecule has 0 aliphatic heterocycles. The minimum Gasteiger partial charge on any atom is -0.380 e. The van der Waals surface area contributed by atoms with Crippen LogP contribution >= 0.6 is 10.5 Å². The number of nitrogens with one attached hydrogen (secondary N) is 1. The Hall–Kier alpha value is -1.82. The van der Waals surface area contributed by atoms with E-state index in [2.05, 4.69) is 0 Å². The van der Waals surface area contributed by atoms with Crippen molar-refractivity contribution in [1.82, 2.24) is 0 Å². The molecule has 1 atom stereocenters. The third kappa shape index (κ3) is 2.38. The van der Waals surface area contributed by atoms with Crippen molar-refractivity contribution in [2.75, 3.05) is 0 Å². The zero-order chi connectivity index (χ0) is 13.3. The van der Waals surface area contributed by atoms with E-state index in [1.165, 1.54) is 6.07 Å². The summed E-state index contributed by atoms with van der Waals surface area (Å²) in [5.74, 6) is -0.530. The van der Waals surface area contributed by atoms with Crippen LogP contribution in [0.15, 0.2) is 41.8 Å². The zero-order valence-corrected chi connectivity index (χ0v) is 9.98. The molecule has 1 unspecified atom stereocenters. The van der Waals surface area contributed by atoms with Crippen molar-refractivity contribution < 1.29 is 13.2 Å². The highest BCUT2D eigenvalue weighted by Crippen LogP contribution is 2.47. The average molecular weight is 271 g/mol. The maximum absolute atomic E-state index is 12.8. The first kappa shape index (κ1) is 12.6. The number of hydrogen-bond donors (Lipinski definition) is 2. The van der Waals surface area contributed by atoms with Crippen molar-refractivity contribution in [3.05, 3.63) is 46.7 Å². The van der Waals surface area contributed by atoms with Gasteiger partial charge in [-0.05, 0) is 5.56 Å². The molecule has 0 saturated carbocycles. The maximum Gasteiger partial charge on any atom is 0.600 e. The zero-order valence-electron chi connectivity index (χ0n) is 9.16. The molecule has 0 spiro atoms. The first-order valence-electron chi connectivity index (χ1n) is 5.03. The van der Waals surface area contributed by atoms with E-state index < -0.39 is 21.8 Å². The molecular formula is C12H10F3N2S+. The molecule has 0 saturated heterocycles. The molecule has 0 bridgehead atoms. The molecule has 0 aliphatic carbocycles. The quantitative estimate of drug-likeness (QED) is 0.486. The number of thiophene rings is 1. The van der Waals surface area contributed by atoms with E-state index in [0.717, 1.165) is 5.38 Å². The lowest BCUT2D eigenvalue weighted by molar-refractivity contribution is -0.0869. The van der Waals surface area contributed by atoms with E-state index in [1.807, 2.05) is 0 Å². The molecule has 0 aliphatic rings. The number of halogens is 3. The molecular weight excluding hydrogens is 261 g/mol. The van der Waals surface area contributed by atoms with E-state index in [1.54, 1.807) is 30.3 Å². The summed E-state index contributed by atoms with van der Waals surface area (Å²) in [4.78, 5) is -0.165. The first-order valence-corrected chi connectivity index (χ1v) is 6.31. The third-order valence-corrected chi connectivity index (χ3v) is 4.19. The lowest BCUT2D eigenvalue weighted by Gasteiger charge is -1.96. The Labute approximate surface area is 104 Å². The van der Waals surface area contributed by atoms with Gasteiger partial charge in [-0.1, -0.05) is 30.3 Å². The average Bonchev–Trinajstić information content (AvgIpc) is 2.74. The second-order valence-electron chi connectivity index (χ2n) is 3.64. The van der Waals surface area contributed by atoms with Gasteiger partial charge < -0.3 is 5.73 Å². The van der Waals surface area contributed by atoms with E-state index in [-0.39, 0.29) is 4.88 Å². The SMILES string of the molecule is N=C(N)c1cc(-c2ccccc2)c[s+]1C(F)(F)F. The van der Waals surface area contributed by atoms with Gasteiger partial charge >= 0.3 is 5.51 Å². The van der Waals surface area contributed by atoms with Crippen LogP contribution in [-0.4, -0.2) is 5.84 Å². The normalized spacial score (nSPS) is 12.5. The largest absolute Gasteiger partial charge is 0.600 e. The van der Waals surface area contributed by atoms with E-state index in [0.29, 0.717) is 11.1 Å². The van der Waals surface area contributed by atoms with Gasteiger partial charge in [0.2, 0.25) is 4.88 Å². The first-order chi connectivity index (χ1) is 8.39. The topological polar surface area (TPSA) is 49.9 Å². The molecule has 6 heteroatoms. The Bertz CT molecular complexity index is 573. The Morgan fingerprint density at radius 3 is 2.17 bits per heavy atom. The number of amidine groups is 1. The molecule has 1 heterocycles. The number of nitrogen functional groups attached to an aromatic ring is 1. The van der Waals surface area contributed by atoms with Crippen molar-refractivity contribution in [3.8, 4) is 11.1 Å². The van der Waals surface area contributed by atoms with Crippen LogP contribution in [0.3, 0.4) is 0 Å². The van der Waals surface area contributed by atoms with Gasteiger partial charge in [0.25, 0.3) is 0 Å². The molecule has 2 aromatic rings. The fraction of sp³-hybridized carbons (Fsp3) is 0.0833. The Morgan fingerprint density at radius 1 is 1.11 bits per heavy atom. The summed E-state index contributed by atoms with van der Waals surface area (Å²) in [5.41, 5.74) is 1.97. The van der Waals surface area contributed by atoms with Gasteiger partial charge in [-0.3, -0.25) is 5.41 Å². The highest BCUT2D eigenvalue weighted by Gasteiger charge is 2.47. The van der Waals surface area contributed by atoms with Crippen LogP contribution in [0.5, 0.6) is 0 Å². The minimum absolute atomic E-state index is 0.165. The van der Waals surface area contributed by atoms with E-state index >= 15 is 0 Å². The fourth-order valence-electron chi connectivity index (χ4n) is 1.60. The van der Waals surface area contributed by atoms with Gasteiger partial charge in [0.05, 0.1) is 10.5 Å². The lowest BCUT2D eigenvalue weighted by atomic mass is 10.1. The number of nitrogens with two attached hydrogens (primary N) is 1. The Balaban J connectivity index is 2.57. The van der Waals surface area contributed by atoms with Gasteiger partial charge in [-0.15, -0.1) is 13.2 Å². The van der Waals surface area contributed by atoms with Crippen molar-refractivity contribution in [3.63, 3.8) is 0 Å². The van der Waals surface area contributed by atoms with Gasteiger partial charge in [0, 0.05) is 11.6 Å². The minimum atomic E-state index is -4.39. The molecule has 18 heavy (non-hydrogen) atoms. The van der Waals surface area contributed by atoms with Crippen LogP contribution in [0, 0.1) is 5.41 Å². The van der Waals surface area contributed by atoms with Crippen LogP contribution < -0.4 is 5.73 Å². The van der Waals surface area contributed by atoms with Crippen LogP contribution in [0.1, 0.15) is 4.88 Å². The van der Waals surface area contributed by atoms with E-state index in [9.17, 15) is 13.2 Å². The van der Waals surface area contributed by atoms with Crippen LogP contribution in [0.25, 0.3) is 11.1 Å². The summed E-state index contributed by atoms with van der Waals surface area (Å²) in [7, 11) is -2.09. The summed E-state index contributed by atoms with van der Waals surface area (Å²) in [6.07, 6.45) is 0. The molecule has 0 amide bonds. The van der Waals surface area contributed by atoms with Crippen LogP contribution in [0.4, 0.5) is 13.2 Å². The van der Waals surface area contributed by atoms with Gasteiger partial charge in [-0.25, -0.2) is 0 Å². The van der Waals surface area contributed by atoms with Gasteiger partial charge in [0.1, 0.15) is 0 Å². The molecule has 2 nitrogen and oxygen atoms in total. The predicted molar refractivity (Wildman–Crippen MR) is 66.7 cm³/mol. The van der Waals surface area contributed by atoms with Crippen LogP contribution in [-0.2, 0) is 5.51 Å². The summed E-state index contributed by atoms with van der Waals surface area (Å²) >= 11 is 0. The van der Waals surface area contributed by atoms with Gasteiger partial charge in [0.15, 0.2) is 11.2 Å². The summed E-state index contributed by atoms with van der Waals surface area (Å²) in [6.45, 7) is 0. The Kier molecular flexibility index (Phi) is 3.13. The molecule has 94 valence electrons. The Morgan fingerprint density at radius 2 is 1.72 bits per heavy atom. The van der Waals surface area contributed by atoms with Crippen molar-refractivity contribution in [2.24, 2.45) is 5.73 Å². The second kappa shape index (κ2) is 4.45. The maximum atomic E-state index is 12.8. The van der Waals surface area contributed by atoms with Crippen molar-refractivity contribution in [1.29, 1.82) is 5.41 Å². The van der Waals surface area contributed by atoms with Crippen molar-refractivity contribution in [2.45, 2.75) is 5.51 Å². The molecule has 3 N–H and O–H groups in total. The number of rotatable bonds is 2. The molecule has 2 rings (SSSR count). The monoisotopic (exact) mass is 271 g/mol. The summed E-state index contributed by atoms with van der Waals surface area (Å²) < 4.78 is 38.5. The number of hydrogen-bond acceptors (Lipinski definition) is 1. The third-order valence-electron chi connectivity index (χ3n) is 2.39. The van der Waals surface area contributed by atoms with E-state index in [4.69, 9.17) is 11.1 Å². The summed E-state index contributed by atoms with van der Waals surface area (Å²) in [5, 5.41) is 8.37. The molecule has 0 fully saturated rings. The number of alkyl halides is 3. The molecule has 1 aromatic heterocycles. The predicted octanol–water partition coefficient (Wildman–Crippen LogP) is 3.86. The standard InChI is InChI=1S/C12H10F3N2S/c13-12(14,15)18-7-9(6-10(18)11(16)17)8-4-2-1-3-5-8/h1-7H,(H3,16,17)/q+1. The highest BCUT2D eigenvalue weighted by molar-refractivity contribution is 7.32.